The summed E-state index contributed by atoms with van der Waals surface area (Å²) >= 11 is 0. The van der Waals surface area contributed by atoms with E-state index in [2.05, 4.69) is 0 Å². The Hall–Kier alpha value is -2.07. The Morgan fingerprint density at radius 2 is 2.00 bits per heavy atom. The third-order valence-electron chi connectivity index (χ3n) is 3.62. The van der Waals surface area contributed by atoms with Gasteiger partial charge in [-0.15, -0.1) is 0 Å². The van der Waals surface area contributed by atoms with E-state index in [1.165, 1.54) is 25.9 Å². The third kappa shape index (κ3) is 4.02. The lowest BCUT2D eigenvalue weighted by molar-refractivity contribution is -0.209. The standard InChI is InChI=1S/C13H18F3N3O4/c1-6(12(17)23)18(2)5-7-4-8(20)10(21)9(19(7)3)11(22)13(14,15)16/h4,6,11,21-22H,5H2,1-3H3,(H2,17,23)/t6-,11?/m0/s1. The molecular formula is C13H18F3N3O4. The van der Waals surface area contributed by atoms with Gasteiger partial charge in [-0.3, -0.25) is 14.5 Å². The fourth-order valence-corrected chi connectivity index (χ4v) is 1.99. The number of likely N-dealkylation sites (N-methyl/N-ethyl adjacent to an activating group) is 1. The molecule has 7 nitrogen and oxygen atoms in total. The lowest BCUT2D eigenvalue weighted by Gasteiger charge is -2.26. The van der Waals surface area contributed by atoms with Gasteiger partial charge in [0.05, 0.1) is 6.04 Å². The van der Waals surface area contributed by atoms with Gasteiger partial charge in [0.1, 0.15) is 5.69 Å². The molecule has 130 valence electrons. The number of amides is 1. The summed E-state index contributed by atoms with van der Waals surface area (Å²) in [6.45, 7) is 1.40. The van der Waals surface area contributed by atoms with Crippen LogP contribution in [0.1, 0.15) is 24.4 Å². The molecule has 0 aliphatic rings. The van der Waals surface area contributed by atoms with Crippen LogP contribution >= 0.6 is 0 Å². The Morgan fingerprint density at radius 1 is 1.48 bits per heavy atom. The van der Waals surface area contributed by atoms with Crippen LogP contribution < -0.4 is 11.2 Å². The zero-order valence-electron chi connectivity index (χ0n) is 12.8. The van der Waals surface area contributed by atoms with Crippen LogP contribution in [0.15, 0.2) is 10.9 Å². The molecule has 0 radical (unpaired) electrons. The number of carbonyl (C=O) groups excluding carboxylic acids is 1. The number of hydrogen-bond acceptors (Lipinski definition) is 5. The molecule has 1 unspecified atom stereocenters. The summed E-state index contributed by atoms with van der Waals surface area (Å²) in [5, 5.41) is 19.0. The van der Waals surface area contributed by atoms with E-state index in [4.69, 9.17) is 5.73 Å². The van der Waals surface area contributed by atoms with Gasteiger partial charge in [0, 0.05) is 25.4 Å². The van der Waals surface area contributed by atoms with Crippen molar-refractivity contribution >= 4 is 5.91 Å². The molecule has 4 N–H and O–H groups in total. The molecule has 0 aromatic carbocycles. The predicted molar refractivity (Wildman–Crippen MR) is 74.5 cm³/mol. The number of aliphatic hydroxyl groups is 1. The summed E-state index contributed by atoms with van der Waals surface area (Å²) in [5.74, 6) is -1.82. The Morgan fingerprint density at radius 3 is 2.43 bits per heavy atom. The second-order valence-corrected chi connectivity index (χ2v) is 5.23. The number of nitrogens with two attached hydrogens (primary N) is 1. The molecule has 2 atom stereocenters. The first-order chi connectivity index (χ1) is 10.4. The maximum absolute atomic E-state index is 12.7. The largest absolute Gasteiger partial charge is 0.503 e. The summed E-state index contributed by atoms with van der Waals surface area (Å²) in [6, 6.07) is 0.210. The predicted octanol–water partition coefficient (Wildman–Crippen LogP) is -0.00780. The van der Waals surface area contributed by atoms with Gasteiger partial charge in [-0.2, -0.15) is 13.2 Å². The van der Waals surface area contributed by atoms with Crippen molar-refractivity contribution in [3.05, 3.63) is 27.7 Å². The SMILES string of the molecule is C[C@@H](C(N)=O)N(C)Cc1cc(=O)c(O)c(C(O)C(F)(F)F)n1C. The minimum absolute atomic E-state index is 0.0710. The second kappa shape index (κ2) is 6.59. The van der Waals surface area contributed by atoms with Gasteiger partial charge in [0.2, 0.25) is 11.3 Å². The van der Waals surface area contributed by atoms with Crippen molar-refractivity contribution in [3.63, 3.8) is 0 Å². The number of alkyl halides is 3. The van der Waals surface area contributed by atoms with E-state index in [0.29, 0.717) is 0 Å². The van der Waals surface area contributed by atoms with Crippen LogP contribution in [0.3, 0.4) is 0 Å². The summed E-state index contributed by atoms with van der Waals surface area (Å²) in [4.78, 5) is 24.2. The highest BCUT2D eigenvalue weighted by atomic mass is 19.4. The van der Waals surface area contributed by atoms with Crippen LogP contribution in [0, 0.1) is 0 Å². The first-order valence-corrected chi connectivity index (χ1v) is 6.54. The fourth-order valence-electron chi connectivity index (χ4n) is 1.99. The molecule has 0 saturated carbocycles. The number of primary amides is 1. The fraction of sp³-hybridized carbons (Fsp3) is 0.538. The average molecular weight is 337 g/mol. The number of aromatic nitrogens is 1. The number of nitrogens with zero attached hydrogens (tertiary/aromatic N) is 2. The smallest absolute Gasteiger partial charge is 0.420 e. The lowest BCUT2D eigenvalue weighted by atomic mass is 10.1. The molecule has 23 heavy (non-hydrogen) atoms. The zero-order valence-corrected chi connectivity index (χ0v) is 12.8. The number of halogens is 3. The first-order valence-electron chi connectivity index (χ1n) is 6.54. The maximum Gasteiger partial charge on any atom is 0.420 e. The Balaban J connectivity index is 3.35. The average Bonchev–Trinajstić information content (AvgIpc) is 2.42. The molecule has 0 spiro atoms. The van der Waals surface area contributed by atoms with Crippen LogP contribution in [0.2, 0.25) is 0 Å². The van der Waals surface area contributed by atoms with Gasteiger partial charge in [0.15, 0.2) is 11.9 Å². The summed E-state index contributed by atoms with van der Waals surface area (Å²) in [5.41, 5.74) is 3.19. The van der Waals surface area contributed by atoms with E-state index in [-0.39, 0.29) is 12.2 Å². The van der Waals surface area contributed by atoms with Crippen LogP contribution in [0.25, 0.3) is 0 Å². The van der Waals surface area contributed by atoms with Gasteiger partial charge in [-0.25, -0.2) is 0 Å². The van der Waals surface area contributed by atoms with E-state index in [1.807, 2.05) is 0 Å². The van der Waals surface area contributed by atoms with Crippen LogP contribution in [0.4, 0.5) is 13.2 Å². The third-order valence-corrected chi connectivity index (χ3v) is 3.62. The highest BCUT2D eigenvalue weighted by Crippen LogP contribution is 2.35. The van der Waals surface area contributed by atoms with Gasteiger partial charge < -0.3 is 20.5 Å². The Bertz CT molecular complexity index is 657. The minimum Gasteiger partial charge on any atom is -0.503 e. The highest BCUT2D eigenvalue weighted by molar-refractivity contribution is 5.79. The van der Waals surface area contributed by atoms with E-state index < -0.39 is 41.1 Å². The quantitative estimate of drug-likeness (QED) is 0.700. The van der Waals surface area contributed by atoms with E-state index in [1.54, 1.807) is 0 Å². The van der Waals surface area contributed by atoms with Crippen molar-refractivity contribution in [2.24, 2.45) is 12.8 Å². The zero-order chi connectivity index (χ0) is 18.1. The number of rotatable bonds is 5. The molecule has 1 amide bonds. The first kappa shape index (κ1) is 19.0. The normalized spacial score (nSPS) is 14.8. The van der Waals surface area contributed by atoms with Crippen molar-refractivity contribution in [3.8, 4) is 5.75 Å². The van der Waals surface area contributed by atoms with Gasteiger partial charge in [0.25, 0.3) is 0 Å². The van der Waals surface area contributed by atoms with Crippen molar-refractivity contribution < 1.29 is 28.2 Å². The Labute approximate surface area is 129 Å². The number of pyridine rings is 1. The van der Waals surface area contributed by atoms with Crippen molar-refractivity contribution in [1.82, 2.24) is 9.47 Å². The topological polar surface area (TPSA) is 109 Å². The number of hydrogen-bond donors (Lipinski definition) is 3. The molecule has 0 bridgehead atoms. The summed E-state index contributed by atoms with van der Waals surface area (Å²) in [7, 11) is 2.66. The van der Waals surface area contributed by atoms with Crippen molar-refractivity contribution in [2.45, 2.75) is 31.8 Å². The second-order valence-electron chi connectivity index (χ2n) is 5.23. The molecule has 0 aliphatic carbocycles. The minimum atomic E-state index is -5.05. The van der Waals surface area contributed by atoms with Gasteiger partial charge in [-0.1, -0.05) is 0 Å². The lowest BCUT2D eigenvalue weighted by Crippen LogP contribution is -2.40. The molecule has 10 heteroatoms. The Kier molecular flexibility index (Phi) is 5.43. The number of aromatic hydroxyl groups is 1. The molecule has 0 aliphatic heterocycles. The van der Waals surface area contributed by atoms with E-state index in [0.717, 1.165) is 10.6 Å². The number of carbonyl (C=O) groups is 1. The monoisotopic (exact) mass is 337 g/mol. The van der Waals surface area contributed by atoms with E-state index >= 15 is 0 Å². The van der Waals surface area contributed by atoms with Crippen LogP contribution in [0.5, 0.6) is 5.75 Å². The van der Waals surface area contributed by atoms with Crippen molar-refractivity contribution in [1.29, 1.82) is 0 Å². The summed E-state index contributed by atoms with van der Waals surface area (Å²) < 4.78 is 39.0. The molecule has 1 heterocycles. The molecule has 1 rings (SSSR count). The highest BCUT2D eigenvalue weighted by Gasteiger charge is 2.43. The van der Waals surface area contributed by atoms with Crippen molar-refractivity contribution in [2.75, 3.05) is 7.05 Å². The maximum atomic E-state index is 12.7. The molecule has 1 aromatic rings. The van der Waals surface area contributed by atoms with Crippen LogP contribution in [-0.2, 0) is 18.4 Å². The number of aliphatic hydroxyl groups excluding tert-OH is 1. The van der Waals surface area contributed by atoms with E-state index in [9.17, 15) is 33.0 Å². The van der Waals surface area contributed by atoms with Gasteiger partial charge >= 0.3 is 6.18 Å². The molecule has 1 aromatic heterocycles. The molecular weight excluding hydrogens is 319 g/mol. The van der Waals surface area contributed by atoms with Gasteiger partial charge in [-0.05, 0) is 14.0 Å². The summed E-state index contributed by atoms with van der Waals surface area (Å²) in [6.07, 6.45) is -8.06. The van der Waals surface area contributed by atoms with Crippen LogP contribution in [-0.4, -0.2) is 44.9 Å². The molecule has 0 saturated heterocycles. The molecule has 0 fully saturated rings.